The van der Waals surface area contributed by atoms with Gasteiger partial charge in [0.15, 0.2) is 0 Å². The van der Waals surface area contributed by atoms with E-state index in [0.29, 0.717) is 0 Å². The van der Waals surface area contributed by atoms with Gasteiger partial charge in [0.05, 0.1) is 18.6 Å². The number of nitro benzene ring substituents is 1. The summed E-state index contributed by atoms with van der Waals surface area (Å²) in [6, 6.07) is 4.11. The molecule has 1 aliphatic heterocycles. The van der Waals surface area contributed by atoms with E-state index >= 15 is 0 Å². The zero-order chi connectivity index (χ0) is 14.8. The van der Waals surface area contributed by atoms with Crippen LogP contribution in [0.15, 0.2) is 24.3 Å². The van der Waals surface area contributed by atoms with Crippen molar-refractivity contribution in [1.29, 1.82) is 0 Å². The lowest BCUT2D eigenvalue weighted by Crippen LogP contribution is -2.33. The van der Waals surface area contributed by atoms with Crippen molar-refractivity contribution in [2.75, 3.05) is 13.7 Å². The maximum Gasteiger partial charge on any atom is 0.459 e. The van der Waals surface area contributed by atoms with Gasteiger partial charge in [-0.05, 0) is 12.1 Å². The molecule has 0 saturated carbocycles. The number of hydrogen-bond donors (Lipinski definition) is 1. The largest absolute Gasteiger partial charge is 0.468 e. The summed E-state index contributed by atoms with van der Waals surface area (Å²) in [7, 11) is -2.48. The summed E-state index contributed by atoms with van der Waals surface area (Å²) in [5.41, 5.74) is -0.122. The predicted octanol–water partition coefficient (Wildman–Crippen LogP) is 1.24. The number of benzene rings is 1. The first-order chi connectivity index (χ1) is 9.43. The number of esters is 1. The molecule has 0 aliphatic carbocycles. The Kier molecular flexibility index (Phi) is 4.03. The van der Waals surface area contributed by atoms with Gasteiger partial charge >= 0.3 is 13.7 Å². The third kappa shape index (κ3) is 3.13. The molecule has 108 valence electrons. The molecule has 1 fully saturated rings. The van der Waals surface area contributed by atoms with Crippen molar-refractivity contribution in [3.05, 3.63) is 34.4 Å². The molecule has 1 saturated heterocycles. The van der Waals surface area contributed by atoms with E-state index in [-0.39, 0.29) is 18.0 Å². The second-order valence-electron chi connectivity index (χ2n) is 3.84. The fourth-order valence-corrected chi connectivity index (χ4v) is 3.01. The SMILES string of the molecule is COC(=O)[C@@H]1COP(=O)(Oc2ccc([N+](=O)[O-])cc2)N1. The average Bonchev–Trinajstić information content (AvgIpc) is 2.80. The number of rotatable bonds is 4. The van der Waals surface area contributed by atoms with Crippen LogP contribution < -0.4 is 9.61 Å². The van der Waals surface area contributed by atoms with E-state index in [4.69, 9.17) is 9.05 Å². The number of hydrogen-bond acceptors (Lipinski definition) is 7. The van der Waals surface area contributed by atoms with Crippen molar-refractivity contribution in [2.45, 2.75) is 6.04 Å². The summed E-state index contributed by atoms with van der Waals surface area (Å²) in [6.07, 6.45) is 0. The van der Waals surface area contributed by atoms with Crippen molar-refractivity contribution in [3.8, 4) is 5.75 Å². The van der Waals surface area contributed by atoms with Gasteiger partial charge in [-0.25, -0.2) is 4.57 Å². The molecule has 10 heteroatoms. The van der Waals surface area contributed by atoms with E-state index in [0.717, 1.165) is 0 Å². The number of carbonyl (C=O) groups excluding carboxylic acids is 1. The number of nitro groups is 1. The Labute approximate surface area is 113 Å². The van der Waals surface area contributed by atoms with Gasteiger partial charge in [0.1, 0.15) is 11.8 Å². The smallest absolute Gasteiger partial charge is 0.459 e. The number of nitrogens with zero attached hydrogens (tertiary/aromatic N) is 1. The maximum absolute atomic E-state index is 12.1. The highest BCUT2D eigenvalue weighted by atomic mass is 31.2. The second-order valence-corrected chi connectivity index (χ2v) is 5.53. The second kappa shape index (κ2) is 5.58. The highest BCUT2D eigenvalue weighted by molar-refractivity contribution is 7.52. The molecule has 1 N–H and O–H groups in total. The van der Waals surface area contributed by atoms with Crippen LogP contribution in [-0.2, 0) is 18.6 Å². The van der Waals surface area contributed by atoms with E-state index in [1.165, 1.54) is 31.4 Å². The lowest BCUT2D eigenvalue weighted by Gasteiger charge is -2.12. The molecule has 0 aromatic heterocycles. The number of ether oxygens (including phenoxy) is 1. The van der Waals surface area contributed by atoms with Crippen LogP contribution in [0.5, 0.6) is 5.75 Å². The Hall–Kier alpha value is -1.96. The van der Waals surface area contributed by atoms with Crippen molar-refractivity contribution >= 4 is 19.4 Å². The fraction of sp³-hybridized carbons (Fsp3) is 0.300. The molecule has 1 unspecified atom stereocenters. The van der Waals surface area contributed by atoms with E-state index in [1.54, 1.807) is 0 Å². The standard InChI is InChI=1S/C10H11N2O7P/c1-17-10(13)9-6-18-20(16,11-9)19-8-4-2-7(3-5-8)12(14)15/h2-5,9H,6H2,1H3,(H,11,16)/t9-,20?/m0/s1. The number of carbonyl (C=O) groups is 1. The van der Waals surface area contributed by atoms with Crippen molar-refractivity contribution < 1.29 is 28.1 Å². The van der Waals surface area contributed by atoms with Crippen LogP contribution in [0.4, 0.5) is 5.69 Å². The van der Waals surface area contributed by atoms with Gasteiger partial charge in [-0.3, -0.25) is 19.4 Å². The van der Waals surface area contributed by atoms with Crippen LogP contribution in [0.25, 0.3) is 0 Å². The van der Waals surface area contributed by atoms with Crippen LogP contribution >= 0.6 is 7.75 Å². The van der Waals surface area contributed by atoms with Crippen molar-refractivity contribution in [3.63, 3.8) is 0 Å². The lowest BCUT2D eigenvalue weighted by atomic mass is 10.3. The minimum absolute atomic E-state index is 0.122. The van der Waals surface area contributed by atoms with Crippen molar-refractivity contribution in [2.24, 2.45) is 0 Å². The first-order valence-corrected chi connectivity index (χ1v) is 7.02. The molecule has 1 heterocycles. The van der Waals surface area contributed by atoms with Crippen LogP contribution in [0.3, 0.4) is 0 Å². The summed E-state index contributed by atoms with van der Waals surface area (Å²) in [6.45, 7) is -0.142. The molecular formula is C10H11N2O7P. The Morgan fingerprint density at radius 3 is 2.70 bits per heavy atom. The first-order valence-electron chi connectivity index (χ1n) is 5.48. The Morgan fingerprint density at radius 2 is 2.15 bits per heavy atom. The summed E-state index contributed by atoms with van der Waals surface area (Å²) < 4.78 is 26.7. The zero-order valence-corrected chi connectivity index (χ0v) is 11.2. The topological polar surface area (TPSA) is 117 Å². The van der Waals surface area contributed by atoms with Gasteiger partial charge in [-0.1, -0.05) is 0 Å². The maximum atomic E-state index is 12.1. The normalized spacial score (nSPS) is 25.1. The highest BCUT2D eigenvalue weighted by Gasteiger charge is 2.41. The van der Waals surface area contributed by atoms with Gasteiger partial charge in [0, 0.05) is 12.1 Å². The molecule has 9 nitrogen and oxygen atoms in total. The van der Waals surface area contributed by atoms with E-state index < -0.39 is 24.7 Å². The molecule has 2 rings (SSSR count). The van der Waals surface area contributed by atoms with Gasteiger partial charge in [0.2, 0.25) is 0 Å². The van der Waals surface area contributed by atoms with Crippen molar-refractivity contribution in [1.82, 2.24) is 5.09 Å². The Bertz CT molecular complexity index is 573. The van der Waals surface area contributed by atoms with Gasteiger partial charge in [0.25, 0.3) is 5.69 Å². The minimum Gasteiger partial charge on any atom is -0.468 e. The van der Waals surface area contributed by atoms with Crippen LogP contribution in [0, 0.1) is 10.1 Å². The van der Waals surface area contributed by atoms with Crippen LogP contribution in [-0.4, -0.2) is 30.7 Å². The molecule has 2 atom stereocenters. The molecule has 1 aromatic carbocycles. The minimum atomic E-state index is -3.67. The monoisotopic (exact) mass is 302 g/mol. The number of nitrogens with one attached hydrogen (secondary N) is 1. The Balaban J connectivity index is 2.04. The van der Waals surface area contributed by atoms with E-state index in [9.17, 15) is 19.5 Å². The predicted molar refractivity (Wildman–Crippen MR) is 66.2 cm³/mol. The molecule has 1 aliphatic rings. The third-order valence-electron chi connectivity index (χ3n) is 2.48. The number of non-ortho nitro benzene ring substituents is 1. The molecule has 20 heavy (non-hydrogen) atoms. The molecule has 0 bridgehead atoms. The lowest BCUT2D eigenvalue weighted by molar-refractivity contribution is -0.384. The van der Waals surface area contributed by atoms with Crippen LogP contribution in [0.2, 0.25) is 0 Å². The third-order valence-corrected chi connectivity index (χ3v) is 4.05. The summed E-state index contributed by atoms with van der Waals surface area (Å²) in [4.78, 5) is 21.2. The summed E-state index contributed by atoms with van der Waals surface area (Å²) in [5.74, 6) is -0.494. The van der Waals surface area contributed by atoms with Gasteiger partial charge in [-0.2, -0.15) is 5.09 Å². The fourth-order valence-electron chi connectivity index (χ4n) is 1.52. The average molecular weight is 302 g/mol. The van der Waals surface area contributed by atoms with E-state index in [2.05, 4.69) is 9.82 Å². The van der Waals surface area contributed by atoms with Gasteiger partial charge in [-0.15, -0.1) is 0 Å². The number of methoxy groups -OCH3 is 1. The van der Waals surface area contributed by atoms with Crippen LogP contribution in [0.1, 0.15) is 0 Å². The molecule has 0 spiro atoms. The first kappa shape index (κ1) is 14.4. The Morgan fingerprint density at radius 1 is 1.50 bits per heavy atom. The molecule has 1 aromatic rings. The molecule has 0 radical (unpaired) electrons. The quantitative estimate of drug-likeness (QED) is 0.382. The highest BCUT2D eigenvalue weighted by Crippen LogP contribution is 2.48. The molecular weight excluding hydrogens is 291 g/mol. The summed E-state index contributed by atoms with van der Waals surface area (Å²) >= 11 is 0. The molecule has 0 amide bonds. The van der Waals surface area contributed by atoms with E-state index in [1.807, 2.05) is 0 Å². The zero-order valence-electron chi connectivity index (χ0n) is 10.3. The summed E-state index contributed by atoms with van der Waals surface area (Å²) in [5, 5.41) is 12.9. The van der Waals surface area contributed by atoms with Gasteiger partial charge < -0.3 is 9.26 Å².